The van der Waals surface area contributed by atoms with Crippen LogP contribution in [0, 0.1) is 13.8 Å². The molecule has 3 aliphatic heterocycles. The van der Waals surface area contributed by atoms with Crippen LogP contribution in [0.3, 0.4) is 0 Å². The van der Waals surface area contributed by atoms with Gasteiger partial charge in [0.1, 0.15) is 0 Å². The fourth-order valence-corrected chi connectivity index (χ4v) is 5.59. The third kappa shape index (κ3) is 2.06. The number of hydrogen-bond acceptors (Lipinski definition) is 4. The molecule has 0 aliphatic carbocycles. The number of hydrogen-bond donors (Lipinski definition) is 0. The Morgan fingerprint density at radius 1 is 1.03 bits per heavy atom. The first kappa shape index (κ1) is 16.9. The topological polar surface area (TPSA) is 32.5 Å². The first-order valence-corrected chi connectivity index (χ1v) is 10.4. The van der Waals surface area contributed by atoms with Crippen LogP contribution < -0.4 is 9.80 Å². The van der Waals surface area contributed by atoms with Crippen molar-refractivity contribution in [1.82, 2.24) is 4.98 Å². The molecular weight excluding hydrogens is 358 g/mol. The molecule has 0 radical (unpaired) electrons. The van der Waals surface area contributed by atoms with E-state index in [1.165, 1.54) is 22.5 Å². The van der Waals surface area contributed by atoms with Gasteiger partial charge < -0.3 is 14.2 Å². The Bertz CT molecular complexity index is 1290. The number of fused-ring (bicyclic) bond motifs is 5. The van der Waals surface area contributed by atoms with Gasteiger partial charge in [0.15, 0.2) is 5.58 Å². The normalized spacial score (nSPS) is 23.2. The summed E-state index contributed by atoms with van der Waals surface area (Å²) in [5.41, 5.74) is 7.83. The molecule has 0 N–H and O–H groups in total. The van der Waals surface area contributed by atoms with Crippen LogP contribution in [0.5, 0.6) is 0 Å². The number of aromatic nitrogens is 1. The van der Waals surface area contributed by atoms with Gasteiger partial charge in [-0.25, -0.2) is 4.98 Å². The second-order valence-electron chi connectivity index (χ2n) is 8.75. The van der Waals surface area contributed by atoms with Gasteiger partial charge in [-0.1, -0.05) is 30.3 Å². The van der Waals surface area contributed by atoms with Crippen LogP contribution in [0.4, 0.5) is 11.4 Å². The fourth-order valence-electron chi connectivity index (χ4n) is 5.59. The van der Waals surface area contributed by atoms with Gasteiger partial charge in [-0.15, -0.1) is 0 Å². The van der Waals surface area contributed by atoms with E-state index in [1.807, 2.05) is 6.92 Å². The molecule has 4 heteroatoms. The van der Waals surface area contributed by atoms with Gasteiger partial charge >= 0.3 is 0 Å². The third-order valence-electron chi connectivity index (χ3n) is 7.05. The Balaban J connectivity index is 1.66. The molecule has 2 atom stereocenters. The minimum atomic E-state index is -0.0634. The van der Waals surface area contributed by atoms with Crippen LogP contribution in [0.2, 0.25) is 0 Å². The Morgan fingerprint density at radius 3 is 2.69 bits per heavy atom. The van der Waals surface area contributed by atoms with E-state index < -0.39 is 0 Å². The van der Waals surface area contributed by atoms with Crippen molar-refractivity contribution in [1.29, 1.82) is 0 Å². The highest BCUT2D eigenvalue weighted by atomic mass is 16.3. The van der Waals surface area contributed by atoms with E-state index in [1.54, 1.807) is 0 Å². The second-order valence-corrected chi connectivity index (χ2v) is 8.75. The number of aryl methyl sites for hydroxylation is 2. The minimum Gasteiger partial charge on any atom is -0.435 e. The Morgan fingerprint density at radius 2 is 1.83 bits per heavy atom. The maximum Gasteiger partial charge on any atom is 0.227 e. The number of benzene rings is 2. The van der Waals surface area contributed by atoms with Crippen molar-refractivity contribution in [3.8, 4) is 0 Å². The smallest absolute Gasteiger partial charge is 0.227 e. The monoisotopic (exact) mass is 383 g/mol. The number of nitrogens with zero attached hydrogens (tertiary/aromatic N) is 3. The van der Waals surface area contributed by atoms with Crippen molar-refractivity contribution in [3.05, 3.63) is 65.4 Å². The molecule has 1 unspecified atom stereocenters. The van der Waals surface area contributed by atoms with Crippen LogP contribution in [0.1, 0.15) is 37.1 Å². The quantitative estimate of drug-likeness (QED) is 0.410. The first-order valence-electron chi connectivity index (χ1n) is 10.4. The number of pyridine rings is 1. The standard InChI is InChI=1S/C25H25N3O/c1-15-9-11-18-19-12-10-16(2)26-24(19)29-23(18)22(15)28-17(3)27-14-13-25(28,4)20-7-5-6-8-21(20)27/h5-12,17H,13-14H2,1-4H3/t17-,25?/m0/s1. The summed E-state index contributed by atoms with van der Waals surface area (Å²) in [4.78, 5) is 9.77. The largest absolute Gasteiger partial charge is 0.435 e. The van der Waals surface area contributed by atoms with Crippen molar-refractivity contribution < 1.29 is 4.42 Å². The Hall–Kier alpha value is -3.01. The molecule has 4 nitrogen and oxygen atoms in total. The minimum absolute atomic E-state index is 0.0634. The maximum absolute atomic E-state index is 6.42. The average molecular weight is 383 g/mol. The third-order valence-corrected chi connectivity index (χ3v) is 7.05. The van der Waals surface area contributed by atoms with Crippen molar-refractivity contribution in [2.45, 2.75) is 45.8 Å². The lowest BCUT2D eigenvalue weighted by molar-refractivity contribution is 0.294. The molecule has 5 heterocycles. The van der Waals surface area contributed by atoms with Crippen LogP contribution >= 0.6 is 0 Å². The SMILES string of the molecule is Cc1ccc2c(n1)oc1c(N3[C@@H](C)N4CCC3(C)c3ccccc34)c(C)ccc12. The summed E-state index contributed by atoms with van der Waals surface area (Å²) < 4.78 is 6.42. The number of para-hydroxylation sites is 1. The molecule has 0 amide bonds. The lowest BCUT2D eigenvalue weighted by Crippen LogP contribution is -2.66. The molecule has 4 aromatic rings. The summed E-state index contributed by atoms with van der Waals surface area (Å²) in [7, 11) is 0. The van der Waals surface area contributed by atoms with Crippen molar-refractivity contribution in [3.63, 3.8) is 0 Å². The molecule has 2 aromatic heterocycles. The van der Waals surface area contributed by atoms with Crippen LogP contribution in [-0.4, -0.2) is 17.7 Å². The van der Waals surface area contributed by atoms with E-state index >= 15 is 0 Å². The number of anilines is 2. The Labute approximate surface area is 170 Å². The summed E-state index contributed by atoms with van der Waals surface area (Å²) in [5.74, 6) is 0. The summed E-state index contributed by atoms with van der Waals surface area (Å²) in [6.07, 6.45) is 1.36. The molecule has 146 valence electrons. The van der Waals surface area contributed by atoms with Crippen LogP contribution in [0.25, 0.3) is 22.1 Å². The molecule has 1 fully saturated rings. The van der Waals surface area contributed by atoms with Gasteiger partial charge in [-0.3, -0.25) is 0 Å². The highest BCUT2D eigenvalue weighted by Crippen LogP contribution is 2.53. The highest BCUT2D eigenvalue weighted by molar-refractivity contribution is 6.09. The van der Waals surface area contributed by atoms with Gasteiger partial charge in [-0.2, -0.15) is 0 Å². The van der Waals surface area contributed by atoms with E-state index in [0.717, 1.165) is 40.7 Å². The van der Waals surface area contributed by atoms with E-state index in [2.05, 4.69) is 84.1 Å². The zero-order chi connectivity index (χ0) is 19.9. The zero-order valence-corrected chi connectivity index (χ0v) is 17.4. The van der Waals surface area contributed by atoms with E-state index in [0.29, 0.717) is 0 Å². The molecule has 3 aliphatic rings. The average Bonchev–Trinajstić information content (AvgIpc) is 3.07. The molecular formula is C25H25N3O. The van der Waals surface area contributed by atoms with E-state index in [-0.39, 0.29) is 11.7 Å². The number of rotatable bonds is 1. The molecule has 0 spiro atoms. The molecule has 2 bridgehead atoms. The van der Waals surface area contributed by atoms with Gasteiger partial charge in [-0.05, 0) is 57.9 Å². The lowest BCUT2D eigenvalue weighted by atomic mass is 9.77. The second kappa shape index (κ2) is 5.53. The molecule has 0 saturated carbocycles. The van der Waals surface area contributed by atoms with Gasteiger partial charge in [0.05, 0.1) is 17.4 Å². The van der Waals surface area contributed by atoms with E-state index in [9.17, 15) is 0 Å². The summed E-state index contributed by atoms with van der Waals surface area (Å²) in [5, 5.41) is 2.24. The molecule has 1 saturated heterocycles. The van der Waals surface area contributed by atoms with Gasteiger partial charge in [0, 0.05) is 34.3 Å². The van der Waals surface area contributed by atoms with Gasteiger partial charge in [0.2, 0.25) is 5.71 Å². The van der Waals surface area contributed by atoms with Gasteiger partial charge in [0.25, 0.3) is 0 Å². The van der Waals surface area contributed by atoms with E-state index in [4.69, 9.17) is 4.42 Å². The number of furan rings is 1. The van der Waals surface area contributed by atoms with Crippen LogP contribution in [-0.2, 0) is 5.54 Å². The summed E-state index contributed by atoms with van der Waals surface area (Å²) in [6.45, 7) is 10.00. The summed E-state index contributed by atoms with van der Waals surface area (Å²) in [6, 6.07) is 17.5. The predicted molar refractivity (Wildman–Crippen MR) is 119 cm³/mol. The Kier molecular flexibility index (Phi) is 3.22. The fraction of sp³-hybridized carbons (Fsp3) is 0.320. The zero-order valence-electron chi connectivity index (χ0n) is 17.4. The predicted octanol–water partition coefficient (Wildman–Crippen LogP) is 5.89. The van der Waals surface area contributed by atoms with Crippen molar-refractivity contribution in [2.75, 3.05) is 16.3 Å². The first-order chi connectivity index (χ1) is 14.0. The highest BCUT2D eigenvalue weighted by Gasteiger charge is 2.50. The molecule has 29 heavy (non-hydrogen) atoms. The maximum atomic E-state index is 6.42. The molecule has 7 rings (SSSR count). The lowest BCUT2D eigenvalue weighted by Gasteiger charge is -2.60. The van der Waals surface area contributed by atoms with Crippen molar-refractivity contribution >= 4 is 33.4 Å². The van der Waals surface area contributed by atoms with Crippen LogP contribution in [0.15, 0.2) is 52.9 Å². The summed E-state index contributed by atoms with van der Waals surface area (Å²) >= 11 is 0. The molecule has 2 aromatic carbocycles. The van der Waals surface area contributed by atoms with Crippen molar-refractivity contribution in [2.24, 2.45) is 0 Å².